The van der Waals surface area contributed by atoms with Crippen LogP contribution >= 0.6 is 11.6 Å². The highest BCUT2D eigenvalue weighted by Gasteiger charge is 2.36. The molecular weight excluding hydrogens is 369 g/mol. The Morgan fingerprint density at radius 3 is 3.00 bits per heavy atom. The van der Waals surface area contributed by atoms with Crippen LogP contribution in [0.2, 0.25) is 5.02 Å². The molecule has 2 aliphatic rings. The van der Waals surface area contributed by atoms with Crippen molar-refractivity contribution in [3.63, 3.8) is 0 Å². The maximum Gasteiger partial charge on any atom is 0.417 e. The molecule has 1 aromatic heterocycles. The van der Waals surface area contributed by atoms with E-state index >= 15 is 0 Å². The van der Waals surface area contributed by atoms with Crippen LogP contribution in [0.15, 0.2) is 40.3 Å². The number of nitrogens with zero attached hydrogens (tertiary/aromatic N) is 3. The number of aromatic nitrogens is 1. The van der Waals surface area contributed by atoms with Gasteiger partial charge in [-0.1, -0.05) is 17.7 Å². The number of amidine groups is 1. The molecule has 1 atom stereocenters. The first kappa shape index (κ1) is 10.6. The molecule has 0 radical (unpaired) electrons. The second-order valence-electron chi connectivity index (χ2n) is 5.20. The Kier molecular flexibility index (Phi) is 2.73. The fourth-order valence-corrected chi connectivity index (χ4v) is 2.44. The van der Waals surface area contributed by atoms with Crippen molar-refractivity contribution in [1.82, 2.24) is 10.3 Å². The first-order valence-electron chi connectivity index (χ1n) is 11.1. The van der Waals surface area contributed by atoms with E-state index in [0.29, 0.717) is 12.3 Å². The summed E-state index contributed by atoms with van der Waals surface area (Å²) in [5.41, 5.74) is -3.16. The lowest BCUT2D eigenvalue weighted by Gasteiger charge is -2.11. The van der Waals surface area contributed by atoms with Crippen LogP contribution < -0.4 is 5.32 Å². The summed E-state index contributed by atoms with van der Waals surface area (Å²) >= 11 is 5.83. The lowest BCUT2D eigenvalue weighted by atomic mass is 10.2. The van der Waals surface area contributed by atoms with Gasteiger partial charge in [-0.2, -0.15) is 17.7 Å². The van der Waals surface area contributed by atoms with Crippen LogP contribution in [0.25, 0.3) is 0 Å². The first-order chi connectivity index (χ1) is 15.4. The summed E-state index contributed by atoms with van der Waals surface area (Å²) in [7, 11) is 0. The van der Waals surface area contributed by atoms with Crippen LogP contribution in [-0.4, -0.2) is 27.5 Å². The molecule has 0 saturated carbocycles. The predicted molar refractivity (Wildman–Crippen MR) is 90.9 cm³/mol. The van der Waals surface area contributed by atoms with E-state index in [1.807, 2.05) is 0 Å². The number of hydrogen-bond acceptors (Lipinski definition) is 3. The van der Waals surface area contributed by atoms with Gasteiger partial charge in [-0.15, -0.1) is 0 Å². The van der Waals surface area contributed by atoms with Crippen molar-refractivity contribution in [2.45, 2.75) is 32.8 Å². The average molecular weight is 392 g/mol. The number of halogens is 4. The molecule has 1 amide bonds. The maximum absolute atomic E-state index is 12.9. The number of hydrogen-bond donors (Lipinski definition) is 1. The number of pyridine rings is 1. The number of rotatable bonds is 3. The third kappa shape index (κ3) is 3.55. The molecule has 0 aromatic carbocycles. The molecule has 3 rings (SSSR count). The van der Waals surface area contributed by atoms with Gasteiger partial charge in [0.25, 0.3) is 5.91 Å². The summed E-state index contributed by atoms with van der Waals surface area (Å²) in [6.07, 6.45) is -4.98. The Bertz CT molecular complexity index is 1180. The van der Waals surface area contributed by atoms with Gasteiger partial charge >= 0.3 is 12.0 Å². The quantitative estimate of drug-likeness (QED) is 0.802. The highest BCUT2D eigenvalue weighted by atomic mass is 35.5. The Hall–Kier alpha value is -2.48. The molecule has 2 aliphatic heterocycles. The van der Waals surface area contributed by atoms with Crippen LogP contribution in [0.5, 0.6) is 0 Å². The largest absolute Gasteiger partial charge is 0.417 e. The number of fused-ring (bicyclic) bond motifs is 1. The normalized spacial score (nSPS) is 25.5. The molecule has 9 heteroatoms. The zero-order valence-corrected chi connectivity index (χ0v) is 13.5. The standard InChI is InChI=1S/C17H14ClF3N4O/c1-9-3-4-14-24-10(2)15(25(14)8-9)16(26)23-7-13-12(18)5-11(6-22-13)17(19,20)21/h3,5-6,8H,4,7H2,1-2H3/p+1/i1D3,2D3,3D,4D. The zero-order chi connectivity index (χ0) is 25.8. The Morgan fingerprint density at radius 2 is 2.35 bits per heavy atom. The molecule has 1 unspecified atom stereocenters. The summed E-state index contributed by atoms with van der Waals surface area (Å²) in [6.45, 7) is -6.27. The van der Waals surface area contributed by atoms with E-state index in [4.69, 9.17) is 22.6 Å². The van der Waals surface area contributed by atoms with Gasteiger partial charge in [0, 0.05) is 22.6 Å². The molecule has 3 heterocycles. The molecule has 0 aliphatic carbocycles. The minimum atomic E-state index is -4.68. The minimum absolute atomic E-state index is 0.143. The molecular formula is C17H15ClF3N4O+. The Morgan fingerprint density at radius 1 is 1.54 bits per heavy atom. The lowest BCUT2D eigenvalue weighted by Crippen LogP contribution is -2.33. The van der Waals surface area contributed by atoms with Crippen LogP contribution in [0.3, 0.4) is 0 Å². The van der Waals surface area contributed by atoms with Crippen molar-refractivity contribution in [1.29, 1.82) is 0 Å². The average Bonchev–Trinajstić information content (AvgIpc) is 3.08. The van der Waals surface area contributed by atoms with Crippen molar-refractivity contribution in [2.24, 2.45) is 4.99 Å². The van der Waals surface area contributed by atoms with Crippen LogP contribution in [0.4, 0.5) is 13.2 Å². The molecule has 0 saturated heterocycles. The van der Waals surface area contributed by atoms with Crippen molar-refractivity contribution >= 4 is 29.6 Å². The molecule has 0 bridgehead atoms. The van der Waals surface area contributed by atoms with Gasteiger partial charge < -0.3 is 5.32 Å². The van der Waals surface area contributed by atoms with Gasteiger partial charge in [-0.3, -0.25) is 9.78 Å². The summed E-state index contributed by atoms with van der Waals surface area (Å²) < 4.78 is 101. The number of nitrogens with one attached hydrogen (secondary N) is 1. The monoisotopic (exact) mass is 391 g/mol. The van der Waals surface area contributed by atoms with Crippen molar-refractivity contribution < 1.29 is 33.5 Å². The van der Waals surface area contributed by atoms with Gasteiger partial charge in [0.15, 0.2) is 0 Å². The fraction of sp³-hybridized carbons (Fsp3) is 0.294. The topological polar surface area (TPSA) is 57.4 Å². The van der Waals surface area contributed by atoms with Crippen molar-refractivity contribution in [3.05, 3.63) is 51.6 Å². The van der Waals surface area contributed by atoms with E-state index in [1.54, 1.807) is 0 Å². The molecule has 1 aromatic rings. The molecule has 5 nitrogen and oxygen atoms in total. The van der Waals surface area contributed by atoms with Gasteiger partial charge in [0.1, 0.15) is 0 Å². The number of amides is 1. The summed E-state index contributed by atoms with van der Waals surface area (Å²) in [6, 6.07) is -0.00558. The number of aliphatic imine (C=N–C) groups is 1. The van der Waals surface area contributed by atoms with Gasteiger partial charge in [0.05, 0.1) is 36.8 Å². The number of carbonyl (C=O) groups is 1. The zero-order valence-electron chi connectivity index (χ0n) is 20.8. The SMILES string of the molecule is [2H]C1=C(C([2H])([2H])[2H])C=[N+]2C(=NC(C([2H])([2H])[2H])=C2C(=O)NCc2ncc(C(F)(F)F)cc2Cl)C1[2H]. The summed E-state index contributed by atoms with van der Waals surface area (Å²) in [5, 5.41) is 1.88. The van der Waals surface area contributed by atoms with Gasteiger partial charge in [0.2, 0.25) is 11.4 Å². The molecule has 136 valence electrons. The maximum atomic E-state index is 12.9. The van der Waals surface area contributed by atoms with E-state index < -0.39 is 72.3 Å². The molecule has 1 N–H and O–H groups in total. The summed E-state index contributed by atoms with van der Waals surface area (Å²) in [4.78, 5) is 20.3. The highest BCUT2D eigenvalue weighted by molar-refractivity contribution is 6.31. The Labute approximate surface area is 163 Å². The van der Waals surface area contributed by atoms with E-state index in [2.05, 4.69) is 15.3 Å². The third-order valence-electron chi connectivity index (χ3n) is 3.43. The molecule has 26 heavy (non-hydrogen) atoms. The Balaban J connectivity index is 1.97. The number of carbonyl (C=O) groups excluding carboxylic acids is 1. The fourth-order valence-electron chi connectivity index (χ4n) is 2.21. The van der Waals surface area contributed by atoms with Crippen molar-refractivity contribution in [2.75, 3.05) is 0 Å². The smallest absolute Gasteiger partial charge is 0.343 e. The van der Waals surface area contributed by atoms with Crippen LogP contribution in [-0.2, 0) is 17.5 Å². The van der Waals surface area contributed by atoms with E-state index in [-0.39, 0.29) is 11.5 Å². The molecule has 0 spiro atoms. The van der Waals surface area contributed by atoms with Gasteiger partial charge in [-0.25, -0.2) is 0 Å². The second-order valence-corrected chi connectivity index (χ2v) is 5.61. The number of alkyl halides is 3. The van der Waals surface area contributed by atoms with Crippen LogP contribution in [0, 0.1) is 0 Å². The predicted octanol–water partition coefficient (Wildman–Crippen LogP) is 3.45. The minimum Gasteiger partial charge on any atom is -0.343 e. The first-order valence-corrected chi connectivity index (χ1v) is 7.41. The van der Waals surface area contributed by atoms with E-state index in [0.717, 1.165) is 10.8 Å². The third-order valence-corrected chi connectivity index (χ3v) is 3.76. The van der Waals surface area contributed by atoms with Crippen LogP contribution in [0.1, 0.15) is 42.3 Å². The van der Waals surface area contributed by atoms with Gasteiger partial charge in [-0.05, 0) is 23.5 Å². The van der Waals surface area contributed by atoms with Crippen molar-refractivity contribution in [3.8, 4) is 0 Å². The van der Waals surface area contributed by atoms with E-state index in [9.17, 15) is 18.0 Å². The second kappa shape index (κ2) is 6.68. The van der Waals surface area contributed by atoms with E-state index in [1.165, 1.54) is 0 Å². The molecule has 0 fully saturated rings. The highest BCUT2D eigenvalue weighted by Crippen LogP contribution is 2.31. The lowest BCUT2D eigenvalue weighted by molar-refractivity contribution is -0.337. The number of allylic oxidation sites excluding steroid dienone is 2. The summed E-state index contributed by atoms with van der Waals surface area (Å²) in [5.74, 6) is -1.43.